The smallest absolute Gasteiger partial charge is 0.244 e. The van der Waals surface area contributed by atoms with Gasteiger partial charge in [-0.25, -0.2) is 0 Å². The molecule has 1 aromatic heterocycles. The van der Waals surface area contributed by atoms with Crippen molar-refractivity contribution in [3.63, 3.8) is 0 Å². The third-order valence-electron chi connectivity index (χ3n) is 6.43. The Kier molecular flexibility index (Phi) is 4.53. The number of fused-ring (bicyclic) bond motifs is 2. The Morgan fingerprint density at radius 1 is 1.07 bits per heavy atom. The maximum atomic E-state index is 10.00. The number of rotatable bonds is 3. The van der Waals surface area contributed by atoms with E-state index in [0.717, 1.165) is 49.3 Å². The van der Waals surface area contributed by atoms with Gasteiger partial charge in [-0.1, -0.05) is 60.7 Å². The van der Waals surface area contributed by atoms with E-state index < -0.39 is 5.41 Å². The van der Waals surface area contributed by atoms with Gasteiger partial charge in [0, 0.05) is 18.4 Å². The molecule has 2 aromatic carbocycles. The maximum absolute atomic E-state index is 10.00. The van der Waals surface area contributed by atoms with Crippen molar-refractivity contribution in [3.05, 3.63) is 83.2 Å². The molecule has 150 valence electrons. The van der Waals surface area contributed by atoms with Crippen LogP contribution in [0.2, 0.25) is 0 Å². The summed E-state index contributed by atoms with van der Waals surface area (Å²) in [6.07, 6.45) is 1.66. The summed E-state index contributed by atoms with van der Waals surface area (Å²) in [4.78, 5) is 1.51. The number of aromatic nitrogens is 2. The Morgan fingerprint density at radius 2 is 1.73 bits per heavy atom. The molecule has 3 aromatic rings. The molecule has 0 saturated carbocycles. The largest absolute Gasteiger partial charge is 0.420 e. The minimum absolute atomic E-state index is 0.183. The predicted octanol–water partition coefficient (Wildman–Crippen LogP) is 2.28. The van der Waals surface area contributed by atoms with Crippen LogP contribution in [0.5, 0.6) is 5.88 Å². The van der Waals surface area contributed by atoms with Crippen molar-refractivity contribution < 1.29 is 9.64 Å². The van der Waals surface area contributed by atoms with Gasteiger partial charge in [-0.15, -0.1) is 5.10 Å². The first-order chi connectivity index (χ1) is 14.7. The monoisotopic (exact) mass is 398 g/mol. The average Bonchev–Trinajstić information content (AvgIpc) is 3.21. The Bertz CT molecular complexity index is 1120. The van der Waals surface area contributed by atoms with Crippen molar-refractivity contribution in [1.29, 1.82) is 5.26 Å². The maximum Gasteiger partial charge on any atom is 0.244 e. The van der Waals surface area contributed by atoms with E-state index >= 15 is 0 Å². The fourth-order valence-electron chi connectivity index (χ4n) is 4.93. The minimum atomic E-state index is -0.467. The molecule has 3 heterocycles. The van der Waals surface area contributed by atoms with Gasteiger partial charge in [0.25, 0.3) is 0 Å². The summed E-state index contributed by atoms with van der Waals surface area (Å²) in [6.45, 7) is 2.89. The van der Waals surface area contributed by atoms with Gasteiger partial charge in [-0.3, -0.25) is 5.10 Å². The summed E-state index contributed by atoms with van der Waals surface area (Å²) >= 11 is 0. The molecule has 0 unspecified atom stereocenters. The summed E-state index contributed by atoms with van der Waals surface area (Å²) in [5.74, 6) is 0.680. The summed E-state index contributed by atoms with van der Waals surface area (Å²) < 4.78 is 5.77. The Hall–Kier alpha value is -3.56. The molecule has 1 spiro atoms. The van der Waals surface area contributed by atoms with Gasteiger partial charge in [0.05, 0.1) is 29.8 Å². The van der Waals surface area contributed by atoms with Crippen LogP contribution in [0.15, 0.2) is 72.1 Å². The van der Waals surface area contributed by atoms with E-state index in [-0.39, 0.29) is 5.88 Å². The number of quaternary nitrogens is 1. The van der Waals surface area contributed by atoms with Gasteiger partial charge in [-0.2, -0.15) is 5.26 Å². The molecule has 6 heteroatoms. The first kappa shape index (κ1) is 18.5. The number of benzene rings is 2. The Morgan fingerprint density at radius 3 is 2.40 bits per heavy atom. The zero-order valence-corrected chi connectivity index (χ0v) is 16.7. The predicted molar refractivity (Wildman–Crippen MR) is 113 cm³/mol. The van der Waals surface area contributed by atoms with Crippen LogP contribution in [0.25, 0.3) is 11.3 Å². The number of nitrogens with zero attached hydrogens (tertiary/aromatic N) is 2. The van der Waals surface area contributed by atoms with Crippen LogP contribution in [-0.4, -0.2) is 23.3 Å². The van der Waals surface area contributed by atoms with Crippen LogP contribution in [0.3, 0.4) is 0 Å². The summed E-state index contributed by atoms with van der Waals surface area (Å²) in [7, 11) is 0. The lowest BCUT2D eigenvalue weighted by molar-refractivity contribution is -0.920. The second kappa shape index (κ2) is 7.36. The summed E-state index contributed by atoms with van der Waals surface area (Å²) in [5, 5.41) is 17.6. The molecule has 4 N–H and O–H groups in total. The number of likely N-dealkylation sites (tertiary alicyclic amines) is 1. The fraction of sp³-hybridized carbons (Fsp3) is 0.250. The zero-order chi connectivity index (χ0) is 20.6. The van der Waals surface area contributed by atoms with E-state index in [2.05, 4.69) is 40.5 Å². The average molecular weight is 398 g/mol. The molecule has 0 aliphatic carbocycles. The van der Waals surface area contributed by atoms with Crippen molar-refractivity contribution in [3.8, 4) is 23.2 Å². The third-order valence-corrected chi connectivity index (χ3v) is 6.43. The van der Waals surface area contributed by atoms with Crippen LogP contribution >= 0.6 is 0 Å². The van der Waals surface area contributed by atoms with E-state index in [1.165, 1.54) is 10.5 Å². The molecule has 5 rings (SSSR count). The van der Waals surface area contributed by atoms with E-state index in [1.807, 2.05) is 36.4 Å². The van der Waals surface area contributed by atoms with Gasteiger partial charge >= 0.3 is 0 Å². The van der Waals surface area contributed by atoms with Crippen molar-refractivity contribution in [1.82, 2.24) is 10.2 Å². The fourth-order valence-corrected chi connectivity index (χ4v) is 4.93. The van der Waals surface area contributed by atoms with Crippen LogP contribution in [-0.2, 0) is 12.0 Å². The SMILES string of the molecule is N#CC1=C(N)Oc2n[nH]c(-c3ccccc3)c2C12CC[NH+](Cc1ccccc1)CC2. The van der Waals surface area contributed by atoms with E-state index in [9.17, 15) is 5.26 Å². The normalized spacial score (nSPS) is 23.0. The van der Waals surface area contributed by atoms with Crippen molar-refractivity contribution in [2.75, 3.05) is 13.1 Å². The standard InChI is InChI=1S/C24H23N5O/c25-15-19-22(26)30-23-20(21(27-28-23)18-9-5-2-6-10-18)24(19)11-13-29(14-12-24)16-17-7-3-1-4-8-17/h1-10H,11-14,16,26H2,(H,27,28)/p+1. The number of H-pyrrole nitrogens is 1. The van der Waals surface area contributed by atoms with Crippen LogP contribution in [0, 0.1) is 11.3 Å². The number of nitrogens with two attached hydrogens (primary N) is 1. The lowest BCUT2D eigenvalue weighted by atomic mass is 9.66. The molecule has 0 atom stereocenters. The van der Waals surface area contributed by atoms with Crippen molar-refractivity contribution in [2.24, 2.45) is 5.73 Å². The number of nitriles is 1. The highest BCUT2D eigenvalue weighted by atomic mass is 16.5. The first-order valence-corrected chi connectivity index (χ1v) is 10.3. The lowest BCUT2D eigenvalue weighted by Crippen LogP contribution is -3.12. The zero-order valence-electron chi connectivity index (χ0n) is 16.7. The number of hydrogen-bond acceptors (Lipinski definition) is 4. The molecule has 0 amide bonds. The third kappa shape index (κ3) is 2.95. The Labute approximate surface area is 175 Å². The molecule has 1 saturated heterocycles. The van der Waals surface area contributed by atoms with Crippen molar-refractivity contribution in [2.45, 2.75) is 24.8 Å². The van der Waals surface area contributed by atoms with Gasteiger partial charge in [0.15, 0.2) is 0 Å². The molecule has 2 aliphatic rings. The molecule has 30 heavy (non-hydrogen) atoms. The molecule has 1 fully saturated rings. The first-order valence-electron chi connectivity index (χ1n) is 10.3. The molecule has 6 nitrogen and oxygen atoms in total. The number of aromatic amines is 1. The van der Waals surface area contributed by atoms with Gasteiger partial charge in [0.2, 0.25) is 11.8 Å². The molecular formula is C24H24N5O+. The number of ether oxygens (including phenoxy) is 1. The number of hydrogen-bond donors (Lipinski definition) is 3. The summed E-state index contributed by atoms with van der Waals surface area (Å²) in [6, 6.07) is 23.0. The van der Waals surface area contributed by atoms with E-state index in [4.69, 9.17) is 10.5 Å². The highest BCUT2D eigenvalue weighted by molar-refractivity contribution is 5.71. The summed E-state index contributed by atoms with van der Waals surface area (Å²) in [5.41, 5.74) is 10.5. The molecule has 0 bridgehead atoms. The van der Waals surface area contributed by atoms with Crippen molar-refractivity contribution >= 4 is 0 Å². The van der Waals surface area contributed by atoms with Crippen LogP contribution in [0.1, 0.15) is 24.0 Å². The van der Waals surface area contributed by atoms with E-state index in [1.54, 1.807) is 0 Å². The lowest BCUT2D eigenvalue weighted by Gasteiger charge is -2.41. The molecular weight excluding hydrogens is 374 g/mol. The number of piperidine rings is 1. The second-order valence-corrected chi connectivity index (χ2v) is 8.09. The molecule has 2 aliphatic heterocycles. The van der Waals surface area contributed by atoms with E-state index in [0.29, 0.717) is 11.5 Å². The van der Waals surface area contributed by atoms with Gasteiger partial charge < -0.3 is 15.4 Å². The molecule has 0 radical (unpaired) electrons. The Balaban J connectivity index is 1.52. The van der Waals surface area contributed by atoms with Gasteiger partial charge in [-0.05, 0) is 5.56 Å². The highest BCUT2D eigenvalue weighted by Gasteiger charge is 2.50. The van der Waals surface area contributed by atoms with Crippen LogP contribution in [0.4, 0.5) is 0 Å². The van der Waals surface area contributed by atoms with Crippen LogP contribution < -0.4 is 15.4 Å². The number of nitrogens with one attached hydrogen (secondary N) is 2. The van der Waals surface area contributed by atoms with Gasteiger partial charge in [0.1, 0.15) is 18.2 Å². The minimum Gasteiger partial charge on any atom is -0.420 e. The number of allylic oxidation sites excluding steroid dienone is 1. The highest BCUT2D eigenvalue weighted by Crippen LogP contribution is 2.50. The topological polar surface area (TPSA) is 92.2 Å². The quantitative estimate of drug-likeness (QED) is 0.631. The second-order valence-electron chi connectivity index (χ2n) is 8.09.